The van der Waals surface area contributed by atoms with Gasteiger partial charge >= 0.3 is 12.6 Å². The van der Waals surface area contributed by atoms with Crippen LogP contribution in [0.2, 0.25) is 0 Å². The number of hydrogen-bond acceptors (Lipinski definition) is 6. The highest BCUT2D eigenvalue weighted by Crippen LogP contribution is 2.27. The van der Waals surface area contributed by atoms with Crippen molar-refractivity contribution in [2.75, 3.05) is 14.2 Å². The Morgan fingerprint density at radius 3 is 2.44 bits per heavy atom. The van der Waals surface area contributed by atoms with Crippen molar-refractivity contribution in [2.45, 2.75) is 6.48 Å². The Kier molecular flexibility index (Phi) is 4.56. The minimum atomic E-state index is -1.43. The summed E-state index contributed by atoms with van der Waals surface area (Å²) in [6.45, 7) is -1.43. The molecule has 1 aromatic carbocycles. The molecule has 1 aromatic rings. The van der Waals surface area contributed by atoms with E-state index in [-0.39, 0.29) is 11.5 Å². The number of aliphatic hydroxyl groups excluding tert-OH is 1. The maximum atomic E-state index is 10.9. The quantitative estimate of drug-likeness (QED) is 0.473. The summed E-state index contributed by atoms with van der Waals surface area (Å²) in [5.74, 6) is 0.299. The Balaban J connectivity index is 2.79. The van der Waals surface area contributed by atoms with Crippen molar-refractivity contribution in [1.29, 1.82) is 0 Å². The highest BCUT2D eigenvalue weighted by Gasteiger charge is 2.12. The predicted molar refractivity (Wildman–Crippen MR) is 53.1 cm³/mol. The summed E-state index contributed by atoms with van der Waals surface area (Å²) in [7, 11) is 2.46. The van der Waals surface area contributed by atoms with Gasteiger partial charge in [0.05, 0.1) is 7.11 Å². The lowest BCUT2D eigenvalue weighted by atomic mass is 10.3. The average molecular weight is 228 g/mol. The summed E-state index contributed by atoms with van der Waals surface area (Å²) in [6.07, 6.45) is -0.872. The molecule has 0 amide bonds. The van der Waals surface area contributed by atoms with E-state index in [2.05, 4.69) is 9.47 Å². The van der Waals surface area contributed by atoms with E-state index in [0.29, 0.717) is 0 Å². The zero-order chi connectivity index (χ0) is 12.0. The summed E-state index contributed by atoms with van der Waals surface area (Å²) in [4.78, 5) is 10.9. The van der Waals surface area contributed by atoms with Gasteiger partial charge in [-0.25, -0.2) is 4.79 Å². The first-order valence-corrected chi connectivity index (χ1v) is 4.39. The van der Waals surface area contributed by atoms with Crippen LogP contribution in [0.3, 0.4) is 0 Å². The molecular weight excluding hydrogens is 216 g/mol. The van der Waals surface area contributed by atoms with Crippen molar-refractivity contribution < 1.29 is 28.8 Å². The molecule has 0 radical (unpaired) electrons. The maximum absolute atomic E-state index is 10.9. The molecule has 1 atom stereocenters. The number of rotatable bonds is 4. The van der Waals surface area contributed by atoms with Crippen LogP contribution in [-0.4, -0.2) is 32.0 Å². The Morgan fingerprint density at radius 1 is 1.25 bits per heavy atom. The van der Waals surface area contributed by atoms with Crippen LogP contribution >= 0.6 is 0 Å². The third-order valence-corrected chi connectivity index (χ3v) is 1.64. The SMILES string of the molecule is COC(=O)Oc1ccccc1OC(O)OC. The second kappa shape index (κ2) is 5.94. The van der Waals surface area contributed by atoms with Gasteiger partial charge in [-0.05, 0) is 12.1 Å². The molecule has 0 aromatic heterocycles. The Morgan fingerprint density at radius 2 is 1.88 bits per heavy atom. The van der Waals surface area contributed by atoms with Gasteiger partial charge in [0.15, 0.2) is 11.5 Å². The van der Waals surface area contributed by atoms with Gasteiger partial charge in [0.1, 0.15) is 0 Å². The fourth-order valence-corrected chi connectivity index (χ4v) is 0.920. The van der Waals surface area contributed by atoms with Crippen LogP contribution in [0.15, 0.2) is 24.3 Å². The van der Waals surface area contributed by atoms with E-state index < -0.39 is 12.6 Å². The first-order valence-electron chi connectivity index (χ1n) is 4.39. The summed E-state index contributed by atoms with van der Waals surface area (Å²) < 4.78 is 18.6. The molecule has 0 saturated carbocycles. The minimum Gasteiger partial charge on any atom is -0.437 e. The summed E-state index contributed by atoms with van der Waals surface area (Å²) >= 11 is 0. The molecule has 0 fully saturated rings. The van der Waals surface area contributed by atoms with Crippen LogP contribution < -0.4 is 9.47 Å². The molecule has 0 aliphatic rings. The minimum absolute atomic E-state index is 0.130. The molecule has 0 bridgehead atoms. The number of hydrogen-bond donors (Lipinski definition) is 1. The number of para-hydroxylation sites is 2. The molecule has 0 aliphatic heterocycles. The number of aliphatic hydroxyl groups is 1. The molecule has 0 aliphatic carbocycles. The van der Waals surface area contributed by atoms with Crippen molar-refractivity contribution >= 4 is 6.16 Å². The zero-order valence-corrected chi connectivity index (χ0v) is 8.88. The smallest absolute Gasteiger partial charge is 0.437 e. The highest BCUT2D eigenvalue weighted by atomic mass is 16.8. The highest BCUT2D eigenvalue weighted by molar-refractivity contribution is 5.65. The van der Waals surface area contributed by atoms with Gasteiger partial charge in [-0.15, -0.1) is 0 Å². The lowest BCUT2D eigenvalue weighted by Gasteiger charge is -2.13. The summed E-state index contributed by atoms with van der Waals surface area (Å²) in [5, 5.41) is 9.11. The van der Waals surface area contributed by atoms with Crippen molar-refractivity contribution in [2.24, 2.45) is 0 Å². The molecule has 0 saturated heterocycles. The van der Waals surface area contributed by atoms with Crippen molar-refractivity contribution in [3.8, 4) is 11.5 Å². The number of carbonyl (C=O) groups is 1. The summed E-state index contributed by atoms with van der Waals surface area (Å²) in [6, 6.07) is 6.31. The van der Waals surface area contributed by atoms with E-state index in [1.807, 2.05) is 0 Å². The standard InChI is InChI=1S/C10H12O6/c1-13-9(11)15-7-5-3-4-6-8(7)16-10(12)14-2/h3-6,9,11H,1-2H3. The number of benzene rings is 1. The number of methoxy groups -OCH3 is 2. The Hall–Kier alpha value is -1.79. The second-order valence-electron chi connectivity index (χ2n) is 2.66. The number of ether oxygens (including phenoxy) is 4. The van der Waals surface area contributed by atoms with Crippen LogP contribution in [0, 0.1) is 0 Å². The van der Waals surface area contributed by atoms with Crippen LogP contribution in [0.4, 0.5) is 4.79 Å². The lowest BCUT2D eigenvalue weighted by Crippen LogP contribution is -2.18. The van der Waals surface area contributed by atoms with E-state index in [1.165, 1.54) is 26.4 Å². The van der Waals surface area contributed by atoms with Crippen LogP contribution in [0.5, 0.6) is 11.5 Å². The van der Waals surface area contributed by atoms with Crippen LogP contribution in [0.1, 0.15) is 0 Å². The first kappa shape index (κ1) is 12.3. The molecule has 6 nitrogen and oxygen atoms in total. The van der Waals surface area contributed by atoms with Crippen molar-refractivity contribution in [1.82, 2.24) is 0 Å². The van der Waals surface area contributed by atoms with Gasteiger partial charge in [0.2, 0.25) is 0 Å². The van der Waals surface area contributed by atoms with Gasteiger partial charge in [-0.1, -0.05) is 12.1 Å². The van der Waals surface area contributed by atoms with Crippen LogP contribution in [-0.2, 0) is 9.47 Å². The predicted octanol–water partition coefficient (Wildman–Crippen LogP) is 1.13. The van der Waals surface area contributed by atoms with Gasteiger partial charge in [0, 0.05) is 7.11 Å². The topological polar surface area (TPSA) is 74.2 Å². The second-order valence-corrected chi connectivity index (χ2v) is 2.66. The molecule has 6 heteroatoms. The molecule has 0 heterocycles. The lowest BCUT2D eigenvalue weighted by molar-refractivity contribution is -0.200. The van der Waals surface area contributed by atoms with Crippen molar-refractivity contribution in [3.05, 3.63) is 24.3 Å². The third-order valence-electron chi connectivity index (χ3n) is 1.64. The van der Waals surface area contributed by atoms with Gasteiger partial charge < -0.3 is 24.1 Å². The first-order chi connectivity index (χ1) is 7.67. The van der Waals surface area contributed by atoms with E-state index in [1.54, 1.807) is 12.1 Å². The zero-order valence-electron chi connectivity index (χ0n) is 8.88. The average Bonchev–Trinajstić information content (AvgIpc) is 2.31. The van der Waals surface area contributed by atoms with Gasteiger partial charge in [0.25, 0.3) is 0 Å². The summed E-state index contributed by atoms with van der Waals surface area (Å²) in [5.41, 5.74) is 0. The van der Waals surface area contributed by atoms with E-state index in [9.17, 15) is 4.79 Å². The molecule has 88 valence electrons. The third kappa shape index (κ3) is 3.41. The number of carbonyl (C=O) groups excluding carboxylic acids is 1. The molecule has 0 spiro atoms. The Labute approximate surface area is 92.3 Å². The largest absolute Gasteiger partial charge is 0.513 e. The molecule has 1 rings (SSSR count). The molecular formula is C10H12O6. The fraction of sp³-hybridized carbons (Fsp3) is 0.300. The monoisotopic (exact) mass is 228 g/mol. The molecule has 1 unspecified atom stereocenters. The maximum Gasteiger partial charge on any atom is 0.513 e. The van der Waals surface area contributed by atoms with E-state index >= 15 is 0 Å². The normalized spacial score (nSPS) is 11.7. The van der Waals surface area contributed by atoms with Gasteiger partial charge in [-0.3, -0.25) is 0 Å². The molecule has 1 N–H and O–H groups in total. The van der Waals surface area contributed by atoms with E-state index in [4.69, 9.17) is 14.6 Å². The Bertz CT molecular complexity index is 351. The fourth-order valence-electron chi connectivity index (χ4n) is 0.920. The van der Waals surface area contributed by atoms with Crippen LogP contribution in [0.25, 0.3) is 0 Å². The van der Waals surface area contributed by atoms with Crippen molar-refractivity contribution in [3.63, 3.8) is 0 Å². The van der Waals surface area contributed by atoms with E-state index in [0.717, 1.165) is 0 Å². The van der Waals surface area contributed by atoms with Gasteiger partial charge in [-0.2, -0.15) is 0 Å². The molecule has 16 heavy (non-hydrogen) atoms.